The van der Waals surface area contributed by atoms with Gasteiger partial charge < -0.3 is 4.90 Å². The Labute approximate surface area is 216 Å². The van der Waals surface area contributed by atoms with Gasteiger partial charge in [0.05, 0.1) is 11.1 Å². The van der Waals surface area contributed by atoms with Crippen molar-refractivity contribution >= 4 is 28.6 Å². The summed E-state index contributed by atoms with van der Waals surface area (Å²) in [4.78, 5) is 38.4. The third-order valence-electron chi connectivity index (χ3n) is 7.86. The summed E-state index contributed by atoms with van der Waals surface area (Å²) in [6, 6.07) is 14.8. The summed E-state index contributed by atoms with van der Waals surface area (Å²) in [5.74, 6) is 0.724. The number of pyridine rings is 1. The van der Waals surface area contributed by atoms with Crippen LogP contribution in [0, 0.1) is 17.7 Å². The molecule has 1 saturated carbocycles. The van der Waals surface area contributed by atoms with Crippen molar-refractivity contribution in [2.75, 3.05) is 19.6 Å². The van der Waals surface area contributed by atoms with Gasteiger partial charge in [0.25, 0.3) is 5.91 Å². The van der Waals surface area contributed by atoms with Crippen molar-refractivity contribution in [1.29, 1.82) is 0 Å². The van der Waals surface area contributed by atoms with E-state index in [-0.39, 0.29) is 17.7 Å². The standard InChI is InChI=1S/C30H31FN4O2/c1-30(2)29(37)35(16-13-19-12-15-34(18-19)28(36)20-8-9-20)27(33-30)24-11-10-21(17-25(24)31)22-5-3-7-26-23(22)6-4-14-32-26/h3-7,10-11,14,17,19-20H,8-9,12-13,15-16,18H2,1-2H3/t19-/m0/s1. The van der Waals surface area contributed by atoms with Crippen LogP contribution in [0.1, 0.15) is 45.1 Å². The Morgan fingerprint density at radius 2 is 1.92 bits per heavy atom. The van der Waals surface area contributed by atoms with Crippen molar-refractivity contribution in [3.63, 3.8) is 0 Å². The van der Waals surface area contributed by atoms with E-state index in [4.69, 9.17) is 0 Å². The number of carbonyl (C=O) groups is 2. The molecule has 0 N–H and O–H groups in total. The SMILES string of the molecule is CC1(C)N=C(c2ccc(-c3cccc4ncccc34)cc2F)N(CC[C@@H]2CCN(C(=O)C3CC3)C2)C1=O. The van der Waals surface area contributed by atoms with Gasteiger partial charge in [0.1, 0.15) is 17.2 Å². The zero-order valence-corrected chi connectivity index (χ0v) is 21.3. The van der Waals surface area contributed by atoms with E-state index >= 15 is 4.39 Å². The van der Waals surface area contributed by atoms with Crippen LogP contribution in [0.3, 0.4) is 0 Å². The fraction of sp³-hybridized carbons (Fsp3) is 0.400. The number of amidine groups is 1. The Morgan fingerprint density at radius 1 is 1.08 bits per heavy atom. The molecule has 0 unspecified atom stereocenters. The molecule has 1 aliphatic carbocycles. The smallest absolute Gasteiger partial charge is 0.255 e. The van der Waals surface area contributed by atoms with E-state index in [1.54, 1.807) is 31.0 Å². The van der Waals surface area contributed by atoms with Gasteiger partial charge in [-0.3, -0.25) is 24.5 Å². The summed E-state index contributed by atoms with van der Waals surface area (Å²) in [6.45, 7) is 5.55. The third kappa shape index (κ3) is 4.41. The largest absolute Gasteiger partial charge is 0.342 e. The van der Waals surface area contributed by atoms with Crippen LogP contribution in [0.4, 0.5) is 4.39 Å². The second kappa shape index (κ2) is 9.05. The van der Waals surface area contributed by atoms with Crippen molar-refractivity contribution in [2.45, 2.75) is 45.1 Å². The minimum Gasteiger partial charge on any atom is -0.342 e. The molecule has 2 amide bonds. The molecule has 3 aliphatic rings. The normalized spacial score (nSPS) is 21.1. The highest BCUT2D eigenvalue weighted by molar-refractivity contribution is 6.15. The van der Waals surface area contributed by atoms with Crippen LogP contribution in [-0.2, 0) is 9.59 Å². The Balaban J connectivity index is 1.23. The van der Waals surface area contributed by atoms with Gasteiger partial charge in [-0.2, -0.15) is 0 Å². The molecule has 2 fully saturated rings. The zero-order valence-electron chi connectivity index (χ0n) is 21.3. The molecule has 6 nitrogen and oxygen atoms in total. The molecule has 6 rings (SSSR count). The van der Waals surface area contributed by atoms with E-state index in [1.807, 2.05) is 41.3 Å². The van der Waals surface area contributed by atoms with Crippen LogP contribution in [0.25, 0.3) is 22.0 Å². The number of halogens is 1. The quantitative estimate of drug-likeness (QED) is 0.477. The molecule has 0 bridgehead atoms. The van der Waals surface area contributed by atoms with Crippen LogP contribution in [-0.4, -0.2) is 57.6 Å². The van der Waals surface area contributed by atoms with E-state index in [0.29, 0.717) is 23.9 Å². The molecule has 37 heavy (non-hydrogen) atoms. The zero-order chi connectivity index (χ0) is 25.7. The lowest BCUT2D eigenvalue weighted by Crippen LogP contribution is -2.41. The number of carbonyl (C=O) groups excluding carboxylic acids is 2. The number of hydrogen-bond donors (Lipinski definition) is 0. The summed E-state index contributed by atoms with van der Waals surface area (Å²) >= 11 is 0. The second-order valence-corrected chi connectivity index (χ2v) is 11.0. The molecule has 0 spiro atoms. The van der Waals surface area contributed by atoms with E-state index in [0.717, 1.165) is 60.8 Å². The monoisotopic (exact) mass is 498 g/mol. The molecule has 0 radical (unpaired) electrons. The lowest BCUT2D eigenvalue weighted by Gasteiger charge is -2.23. The highest BCUT2D eigenvalue weighted by Gasteiger charge is 2.42. The Kier molecular flexibility index (Phi) is 5.81. The van der Waals surface area contributed by atoms with E-state index in [1.165, 1.54) is 6.07 Å². The van der Waals surface area contributed by atoms with Gasteiger partial charge in [0.15, 0.2) is 0 Å². The summed E-state index contributed by atoms with van der Waals surface area (Å²) in [7, 11) is 0. The van der Waals surface area contributed by atoms with E-state index < -0.39 is 11.4 Å². The highest BCUT2D eigenvalue weighted by atomic mass is 19.1. The molecule has 1 atom stereocenters. The first-order valence-electron chi connectivity index (χ1n) is 13.2. The van der Waals surface area contributed by atoms with Gasteiger partial charge in [0, 0.05) is 37.1 Å². The predicted molar refractivity (Wildman–Crippen MR) is 141 cm³/mol. The average molecular weight is 499 g/mol. The van der Waals surface area contributed by atoms with Gasteiger partial charge in [-0.05, 0) is 80.8 Å². The average Bonchev–Trinajstić information content (AvgIpc) is 3.59. The lowest BCUT2D eigenvalue weighted by atomic mass is 9.98. The molecule has 2 aliphatic heterocycles. The van der Waals surface area contributed by atoms with Crippen molar-refractivity contribution in [2.24, 2.45) is 16.8 Å². The van der Waals surface area contributed by atoms with Crippen molar-refractivity contribution in [3.8, 4) is 11.1 Å². The van der Waals surface area contributed by atoms with Gasteiger partial charge >= 0.3 is 0 Å². The predicted octanol–water partition coefficient (Wildman–Crippen LogP) is 5.06. The van der Waals surface area contributed by atoms with Crippen LogP contribution in [0.15, 0.2) is 59.7 Å². The first kappa shape index (κ1) is 23.8. The maximum absolute atomic E-state index is 15.6. The van der Waals surface area contributed by atoms with Gasteiger partial charge in [-0.15, -0.1) is 0 Å². The number of likely N-dealkylation sites (tertiary alicyclic amines) is 1. The van der Waals surface area contributed by atoms with E-state index in [9.17, 15) is 9.59 Å². The lowest BCUT2D eigenvalue weighted by molar-refractivity contribution is -0.132. The number of amides is 2. The molecule has 1 aromatic heterocycles. The number of nitrogens with zero attached hydrogens (tertiary/aromatic N) is 4. The van der Waals surface area contributed by atoms with Crippen molar-refractivity contribution in [3.05, 3.63) is 66.1 Å². The van der Waals surface area contributed by atoms with Crippen LogP contribution in [0.5, 0.6) is 0 Å². The molecule has 1 saturated heterocycles. The second-order valence-electron chi connectivity index (χ2n) is 11.0. The first-order valence-corrected chi connectivity index (χ1v) is 13.2. The van der Waals surface area contributed by atoms with Crippen molar-refractivity contribution in [1.82, 2.24) is 14.8 Å². The third-order valence-corrected chi connectivity index (χ3v) is 7.86. The molecular weight excluding hydrogens is 467 g/mol. The number of aromatic nitrogens is 1. The molecule has 3 heterocycles. The maximum Gasteiger partial charge on any atom is 0.255 e. The Morgan fingerprint density at radius 3 is 2.70 bits per heavy atom. The number of benzene rings is 2. The summed E-state index contributed by atoms with van der Waals surface area (Å²) < 4.78 is 15.6. The molecule has 7 heteroatoms. The number of aliphatic imine (C=N–C) groups is 1. The highest BCUT2D eigenvalue weighted by Crippen LogP contribution is 2.35. The molecule has 190 valence electrons. The maximum atomic E-state index is 15.6. The summed E-state index contributed by atoms with van der Waals surface area (Å²) in [5, 5.41) is 0.957. The summed E-state index contributed by atoms with van der Waals surface area (Å²) in [6.07, 6.45) is 5.48. The fourth-order valence-electron chi connectivity index (χ4n) is 5.60. The molecule has 2 aromatic carbocycles. The van der Waals surface area contributed by atoms with Gasteiger partial charge in [0.2, 0.25) is 5.91 Å². The van der Waals surface area contributed by atoms with Gasteiger partial charge in [-0.1, -0.05) is 24.3 Å². The summed E-state index contributed by atoms with van der Waals surface area (Å²) in [5.41, 5.74) is 1.91. The number of hydrogen-bond acceptors (Lipinski definition) is 4. The Hall–Kier alpha value is -3.61. The van der Waals surface area contributed by atoms with Crippen LogP contribution < -0.4 is 0 Å². The van der Waals surface area contributed by atoms with Gasteiger partial charge in [-0.25, -0.2) is 4.39 Å². The number of fused-ring (bicyclic) bond motifs is 1. The fourth-order valence-corrected chi connectivity index (χ4v) is 5.60. The minimum absolute atomic E-state index is 0.116. The van der Waals surface area contributed by atoms with Crippen LogP contribution in [0.2, 0.25) is 0 Å². The first-order chi connectivity index (χ1) is 17.8. The topological polar surface area (TPSA) is 65.9 Å². The molecule has 3 aromatic rings. The Bertz CT molecular complexity index is 1420. The van der Waals surface area contributed by atoms with Crippen molar-refractivity contribution < 1.29 is 14.0 Å². The van der Waals surface area contributed by atoms with E-state index in [2.05, 4.69) is 9.98 Å². The molecular formula is C30H31FN4O2. The minimum atomic E-state index is -0.939. The van der Waals surface area contributed by atoms with Crippen LogP contribution >= 0.6 is 0 Å². The number of rotatable bonds is 6.